The molecule has 1 aliphatic rings. The van der Waals surface area contributed by atoms with Crippen molar-refractivity contribution in [2.45, 2.75) is 25.8 Å². The molecule has 3 nitrogen and oxygen atoms in total. The minimum Gasteiger partial charge on any atom is -0.426 e. The Morgan fingerprint density at radius 3 is 2.80 bits per heavy atom. The van der Waals surface area contributed by atoms with Gasteiger partial charge in [-0.15, -0.1) is 0 Å². The van der Waals surface area contributed by atoms with Crippen molar-refractivity contribution in [2.75, 3.05) is 5.32 Å². The number of rotatable bonds is 3. The average molecular weight is 267 g/mol. The van der Waals surface area contributed by atoms with Crippen LogP contribution in [0.25, 0.3) is 0 Å². The van der Waals surface area contributed by atoms with Gasteiger partial charge < -0.3 is 10.1 Å². The Morgan fingerprint density at radius 2 is 2.00 bits per heavy atom. The van der Waals surface area contributed by atoms with Gasteiger partial charge in [0.2, 0.25) is 0 Å². The quantitative estimate of drug-likeness (QED) is 0.680. The summed E-state index contributed by atoms with van der Waals surface area (Å²) >= 11 is 0. The zero-order valence-corrected chi connectivity index (χ0v) is 11.4. The van der Waals surface area contributed by atoms with E-state index in [-0.39, 0.29) is 11.9 Å². The maximum Gasteiger partial charge on any atom is 0.311 e. The van der Waals surface area contributed by atoms with Gasteiger partial charge in [0, 0.05) is 18.3 Å². The molecule has 0 saturated carbocycles. The van der Waals surface area contributed by atoms with Crippen molar-refractivity contribution in [1.29, 1.82) is 0 Å². The highest BCUT2D eigenvalue weighted by atomic mass is 16.5. The van der Waals surface area contributed by atoms with Gasteiger partial charge in [0.25, 0.3) is 0 Å². The minimum absolute atomic E-state index is 0.148. The molecule has 0 saturated heterocycles. The number of fused-ring (bicyclic) bond motifs is 1. The monoisotopic (exact) mass is 267 g/mol. The van der Waals surface area contributed by atoms with Gasteiger partial charge >= 0.3 is 5.97 Å². The number of hydrogen-bond acceptors (Lipinski definition) is 3. The zero-order chi connectivity index (χ0) is 13.9. The molecule has 1 N–H and O–H groups in total. The molecule has 0 aliphatic carbocycles. The van der Waals surface area contributed by atoms with Crippen molar-refractivity contribution in [3.63, 3.8) is 0 Å². The van der Waals surface area contributed by atoms with E-state index in [4.69, 9.17) is 4.74 Å². The summed E-state index contributed by atoms with van der Waals surface area (Å²) < 4.78 is 5.32. The molecule has 3 heteroatoms. The van der Waals surface area contributed by atoms with Crippen LogP contribution in [0, 0.1) is 0 Å². The second-order valence-corrected chi connectivity index (χ2v) is 5.17. The fraction of sp³-hybridized carbons (Fsp3) is 0.235. The molecule has 1 aliphatic heterocycles. The summed E-state index contributed by atoms with van der Waals surface area (Å²) in [6.45, 7) is 2.81. The fourth-order valence-corrected chi connectivity index (χ4v) is 2.46. The second kappa shape index (κ2) is 5.37. The van der Waals surface area contributed by atoms with E-state index in [0.29, 0.717) is 12.2 Å². The smallest absolute Gasteiger partial charge is 0.311 e. The first-order valence-electron chi connectivity index (χ1n) is 6.85. The Bertz CT molecular complexity index is 622. The Labute approximate surface area is 118 Å². The lowest BCUT2D eigenvalue weighted by Crippen LogP contribution is -2.18. The zero-order valence-electron chi connectivity index (χ0n) is 11.4. The van der Waals surface area contributed by atoms with Gasteiger partial charge in [-0.2, -0.15) is 0 Å². The molecule has 0 aromatic heterocycles. The third-order valence-corrected chi connectivity index (χ3v) is 3.58. The summed E-state index contributed by atoms with van der Waals surface area (Å²) in [7, 11) is 0. The van der Waals surface area contributed by atoms with Gasteiger partial charge in [-0.3, -0.25) is 4.79 Å². The maximum atomic E-state index is 11.5. The molecule has 0 spiro atoms. The first-order valence-corrected chi connectivity index (χ1v) is 6.85. The summed E-state index contributed by atoms with van der Waals surface area (Å²) in [6, 6.07) is 16.2. The molecule has 20 heavy (non-hydrogen) atoms. The van der Waals surface area contributed by atoms with Gasteiger partial charge in [-0.1, -0.05) is 43.3 Å². The van der Waals surface area contributed by atoms with Crippen LogP contribution in [0.3, 0.4) is 0 Å². The van der Waals surface area contributed by atoms with Crippen molar-refractivity contribution in [3.8, 4) is 5.75 Å². The largest absolute Gasteiger partial charge is 0.426 e. The number of nitrogens with one attached hydrogen (secondary N) is 1. The van der Waals surface area contributed by atoms with Crippen LogP contribution in [-0.2, 0) is 11.3 Å². The third kappa shape index (κ3) is 2.67. The van der Waals surface area contributed by atoms with Crippen LogP contribution in [0.4, 0.5) is 5.69 Å². The Kier molecular flexibility index (Phi) is 3.42. The van der Waals surface area contributed by atoms with E-state index in [1.807, 2.05) is 36.4 Å². The molecule has 0 radical (unpaired) electrons. The topological polar surface area (TPSA) is 38.3 Å². The number of esters is 1. The second-order valence-electron chi connectivity index (χ2n) is 5.17. The summed E-state index contributed by atoms with van der Waals surface area (Å²) in [6.07, 6.45) is 0.462. The highest BCUT2D eigenvalue weighted by Crippen LogP contribution is 2.35. The summed E-state index contributed by atoms with van der Waals surface area (Å²) in [4.78, 5) is 11.5. The Hall–Kier alpha value is -2.29. The minimum atomic E-state index is -0.148. The van der Waals surface area contributed by atoms with Gasteiger partial charge in [0.05, 0.1) is 6.42 Å². The van der Waals surface area contributed by atoms with Crippen LogP contribution in [0.15, 0.2) is 48.5 Å². The first-order chi connectivity index (χ1) is 9.72. The van der Waals surface area contributed by atoms with Crippen LogP contribution in [0.2, 0.25) is 0 Å². The van der Waals surface area contributed by atoms with Crippen molar-refractivity contribution >= 4 is 11.7 Å². The number of anilines is 1. The number of ether oxygens (including phenoxy) is 1. The van der Waals surface area contributed by atoms with E-state index in [9.17, 15) is 4.79 Å². The van der Waals surface area contributed by atoms with Crippen LogP contribution >= 0.6 is 0 Å². The SMILES string of the molecule is CC1CC(=O)Oc2cc(NCc3ccccc3)ccc21. The van der Waals surface area contributed by atoms with E-state index in [1.165, 1.54) is 5.56 Å². The van der Waals surface area contributed by atoms with Crippen LogP contribution in [0.5, 0.6) is 5.75 Å². The number of carbonyl (C=O) groups is 1. The summed E-state index contributed by atoms with van der Waals surface area (Å²) in [5.74, 6) is 0.770. The molecule has 0 fully saturated rings. The molecular formula is C17H17NO2. The van der Waals surface area contributed by atoms with E-state index in [0.717, 1.165) is 17.8 Å². The van der Waals surface area contributed by atoms with E-state index < -0.39 is 0 Å². The van der Waals surface area contributed by atoms with Gasteiger partial charge in [0.15, 0.2) is 0 Å². The normalized spacial score (nSPS) is 17.2. The maximum absolute atomic E-state index is 11.5. The standard InChI is InChI=1S/C17H17NO2/c1-12-9-17(19)20-16-10-14(7-8-15(12)16)18-11-13-5-3-2-4-6-13/h2-8,10,12,18H,9,11H2,1H3. The fourth-order valence-electron chi connectivity index (χ4n) is 2.46. The van der Waals surface area contributed by atoms with E-state index in [2.05, 4.69) is 24.4 Å². The van der Waals surface area contributed by atoms with E-state index in [1.54, 1.807) is 0 Å². The molecule has 1 heterocycles. The van der Waals surface area contributed by atoms with Gasteiger partial charge in [-0.25, -0.2) is 0 Å². The van der Waals surface area contributed by atoms with Gasteiger partial charge in [-0.05, 0) is 23.1 Å². The Balaban J connectivity index is 1.75. The Morgan fingerprint density at radius 1 is 1.20 bits per heavy atom. The van der Waals surface area contributed by atoms with E-state index >= 15 is 0 Å². The number of benzene rings is 2. The van der Waals surface area contributed by atoms with Crippen LogP contribution in [-0.4, -0.2) is 5.97 Å². The summed E-state index contributed by atoms with van der Waals surface area (Å²) in [5, 5.41) is 3.35. The molecule has 102 valence electrons. The third-order valence-electron chi connectivity index (χ3n) is 3.58. The molecule has 0 amide bonds. The number of hydrogen-bond donors (Lipinski definition) is 1. The molecule has 1 atom stereocenters. The lowest BCUT2D eigenvalue weighted by atomic mass is 9.94. The first kappa shape index (κ1) is 12.7. The molecule has 1 unspecified atom stereocenters. The molecule has 3 rings (SSSR count). The predicted molar refractivity (Wildman–Crippen MR) is 78.9 cm³/mol. The van der Waals surface area contributed by atoms with Crippen molar-refractivity contribution < 1.29 is 9.53 Å². The average Bonchev–Trinajstić information content (AvgIpc) is 2.45. The predicted octanol–water partition coefficient (Wildman–Crippen LogP) is 3.71. The molecular weight excluding hydrogens is 250 g/mol. The lowest BCUT2D eigenvalue weighted by Gasteiger charge is -2.22. The van der Waals surface area contributed by atoms with Gasteiger partial charge in [0.1, 0.15) is 5.75 Å². The van der Waals surface area contributed by atoms with Crippen molar-refractivity contribution in [3.05, 3.63) is 59.7 Å². The summed E-state index contributed by atoms with van der Waals surface area (Å²) in [5.41, 5.74) is 3.29. The molecule has 2 aromatic carbocycles. The molecule has 2 aromatic rings. The van der Waals surface area contributed by atoms with Crippen molar-refractivity contribution in [2.24, 2.45) is 0 Å². The molecule has 0 bridgehead atoms. The van der Waals surface area contributed by atoms with Crippen molar-refractivity contribution in [1.82, 2.24) is 0 Å². The lowest BCUT2D eigenvalue weighted by molar-refractivity contribution is -0.135. The number of carbonyl (C=O) groups excluding carboxylic acids is 1. The highest BCUT2D eigenvalue weighted by molar-refractivity contribution is 5.77. The highest BCUT2D eigenvalue weighted by Gasteiger charge is 2.23. The van der Waals surface area contributed by atoms with Crippen LogP contribution in [0.1, 0.15) is 30.4 Å². The van der Waals surface area contributed by atoms with Crippen LogP contribution < -0.4 is 10.1 Å².